The van der Waals surface area contributed by atoms with Gasteiger partial charge in [-0.15, -0.1) is 0 Å². The number of alkyl halides is 3. The van der Waals surface area contributed by atoms with E-state index in [1.807, 2.05) is 0 Å². The van der Waals surface area contributed by atoms with E-state index in [2.05, 4.69) is 15.6 Å². The number of carboxylic acid groups (broad SMARTS) is 1. The van der Waals surface area contributed by atoms with Gasteiger partial charge >= 0.3 is 18.2 Å². The first kappa shape index (κ1) is 24.6. The second-order valence-electron chi connectivity index (χ2n) is 6.77. The number of aromatic nitrogens is 1. The highest BCUT2D eigenvalue weighted by molar-refractivity contribution is 6.31. The summed E-state index contributed by atoms with van der Waals surface area (Å²) < 4.78 is 49.9. The van der Waals surface area contributed by atoms with Crippen LogP contribution in [0.4, 0.5) is 23.7 Å². The molecule has 34 heavy (non-hydrogen) atoms. The number of hydrogen-bond acceptors (Lipinski definition) is 5. The lowest BCUT2D eigenvalue weighted by Crippen LogP contribution is -2.28. The lowest BCUT2D eigenvalue weighted by molar-refractivity contribution is -0.137. The first-order chi connectivity index (χ1) is 16.1. The van der Waals surface area contributed by atoms with Crippen molar-refractivity contribution in [2.45, 2.75) is 12.7 Å². The Morgan fingerprint density at radius 2 is 1.79 bits per heavy atom. The Kier molecular flexibility index (Phi) is 7.47. The van der Waals surface area contributed by atoms with Crippen LogP contribution in [0.15, 0.2) is 54.7 Å². The zero-order valence-corrected chi connectivity index (χ0v) is 18.2. The zero-order valence-electron chi connectivity index (χ0n) is 17.4. The van der Waals surface area contributed by atoms with Crippen LogP contribution >= 0.6 is 11.6 Å². The summed E-state index contributed by atoms with van der Waals surface area (Å²) in [4.78, 5) is 26.9. The molecule has 3 N–H and O–H groups in total. The molecule has 1 heterocycles. The highest BCUT2D eigenvalue weighted by Gasteiger charge is 2.34. The third-order valence-electron chi connectivity index (χ3n) is 4.41. The number of urea groups is 1. The van der Waals surface area contributed by atoms with Crippen molar-refractivity contribution in [3.63, 3.8) is 0 Å². The Balaban J connectivity index is 1.61. The average Bonchev–Trinajstić information content (AvgIpc) is 2.79. The molecule has 0 unspecified atom stereocenters. The van der Waals surface area contributed by atoms with Crippen LogP contribution in [-0.4, -0.2) is 29.2 Å². The van der Waals surface area contributed by atoms with Gasteiger partial charge in [0.15, 0.2) is 5.69 Å². The maximum atomic E-state index is 13.1. The molecule has 0 radical (unpaired) electrons. The summed E-state index contributed by atoms with van der Waals surface area (Å²) in [6, 6.07) is 10.2. The second-order valence-corrected chi connectivity index (χ2v) is 7.17. The van der Waals surface area contributed by atoms with Gasteiger partial charge in [-0.2, -0.15) is 13.2 Å². The number of hydrogen-bond donors (Lipinski definition) is 3. The quantitative estimate of drug-likeness (QED) is 0.395. The number of nitrogens with zero attached hydrogens (tertiary/aromatic N) is 1. The summed E-state index contributed by atoms with van der Waals surface area (Å²) in [7, 11) is 1.24. The van der Waals surface area contributed by atoms with Gasteiger partial charge in [-0.1, -0.05) is 23.7 Å². The van der Waals surface area contributed by atoms with Gasteiger partial charge in [0.05, 0.1) is 23.4 Å². The molecule has 1 aromatic heterocycles. The minimum absolute atomic E-state index is 0.0307. The molecule has 0 saturated carbocycles. The van der Waals surface area contributed by atoms with Crippen molar-refractivity contribution in [2.24, 2.45) is 0 Å². The van der Waals surface area contributed by atoms with Gasteiger partial charge < -0.3 is 25.2 Å². The zero-order chi connectivity index (χ0) is 24.9. The van der Waals surface area contributed by atoms with Gasteiger partial charge in [0.25, 0.3) is 0 Å². The summed E-state index contributed by atoms with van der Waals surface area (Å²) in [5.74, 6) is -0.512. The van der Waals surface area contributed by atoms with Gasteiger partial charge in [0.1, 0.15) is 17.2 Å². The maximum Gasteiger partial charge on any atom is 0.417 e. The molecule has 0 atom stereocenters. The molecule has 3 rings (SSSR count). The monoisotopic (exact) mass is 495 g/mol. The molecule has 0 bridgehead atoms. The van der Waals surface area contributed by atoms with Crippen molar-refractivity contribution in [2.75, 3.05) is 12.4 Å². The lowest BCUT2D eigenvalue weighted by Gasteiger charge is -2.16. The van der Waals surface area contributed by atoms with Gasteiger partial charge in [-0.05, 0) is 29.8 Å². The second kappa shape index (κ2) is 10.3. The third kappa shape index (κ3) is 6.29. The topological polar surface area (TPSA) is 110 Å². The number of methoxy groups -OCH3 is 1. The van der Waals surface area contributed by atoms with Crippen LogP contribution in [0.2, 0.25) is 5.02 Å². The summed E-state index contributed by atoms with van der Waals surface area (Å²) >= 11 is 5.66. The Bertz CT molecular complexity index is 1200. The normalized spacial score (nSPS) is 11.0. The van der Waals surface area contributed by atoms with Gasteiger partial charge in [0, 0.05) is 24.9 Å². The van der Waals surface area contributed by atoms with Crippen molar-refractivity contribution in [3.8, 4) is 17.2 Å². The molecule has 2 aromatic carbocycles. The Morgan fingerprint density at radius 3 is 2.41 bits per heavy atom. The average molecular weight is 496 g/mol. The molecule has 0 aliphatic heterocycles. The van der Waals surface area contributed by atoms with E-state index >= 15 is 0 Å². The number of aromatic carboxylic acids is 1. The van der Waals surface area contributed by atoms with Crippen molar-refractivity contribution in [1.82, 2.24) is 10.3 Å². The predicted octanol–water partition coefficient (Wildman–Crippen LogP) is 5.57. The van der Waals surface area contributed by atoms with Crippen molar-refractivity contribution >= 4 is 29.3 Å². The van der Waals surface area contributed by atoms with Gasteiger partial charge in [-0.3, -0.25) is 0 Å². The summed E-state index contributed by atoms with van der Waals surface area (Å²) in [5.41, 5.74) is -0.796. The van der Waals surface area contributed by atoms with Crippen LogP contribution in [0.3, 0.4) is 0 Å². The van der Waals surface area contributed by atoms with Crippen LogP contribution in [-0.2, 0) is 12.7 Å². The number of anilines is 1. The Labute approximate surface area is 196 Å². The molecule has 0 saturated heterocycles. The van der Waals surface area contributed by atoms with E-state index in [0.717, 1.165) is 6.07 Å². The number of rotatable bonds is 7. The molecule has 0 aliphatic carbocycles. The molecule has 12 heteroatoms. The molecule has 8 nitrogen and oxygen atoms in total. The number of benzene rings is 2. The number of nitrogens with one attached hydrogen (secondary N) is 2. The first-order valence-electron chi connectivity index (χ1n) is 9.52. The van der Waals surface area contributed by atoms with Crippen LogP contribution in [0, 0.1) is 0 Å². The highest BCUT2D eigenvalue weighted by atomic mass is 35.5. The lowest BCUT2D eigenvalue weighted by atomic mass is 10.1. The largest absolute Gasteiger partial charge is 0.495 e. The number of pyridine rings is 1. The van der Waals surface area contributed by atoms with E-state index in [1.54, 1.807) is 24.3 Å². The fraction of sp³-hybridized carbons (Fsp3) is 0.136. The Hall–Kier alpha value is -3.99. The van der Waals surface area contributed by atoms with Gasteiger partial charge in [-0.25, -0.2) is 14.6 Å². The molecule has 3 aromatic rings. The molecule has 2 amide bonds. The molecule has 178 valence electrons. The number of ether oxygens (including phenoxy) is 2. The first-order valence-corrected chi connectivity index (χ1v) is 9.90. The van der Waals surface area contributed by atoms with Crippen molar-refractivity contribution in [1.29, 1.82) is 0 Å². The molecule has 0 aliphatic rings. The van der Waals surface area contributed by atoms with E-state index in [1.165, 1.54) is 25.4 Å². The fourth-order valence-electron chi connectivity index (χ4n) is 2.79. The molecular formula is C22H17ClF3N3O5. The van der Waals surface area contributed by atoms with Crippen molar-refractivity contribution in [3.05, 3.63) is 76.6 Å². The summed E-state index contributed by atoms with van der Waals surface area (Å²) in [5, 5.41) is 13.3. The standard InChI is InChI=1S/C22H17ClF3N3O5/c1-33-19-10-16(23)15(22(24,25)26)9-17(19)29-21(32)28-11-12-2-4-13(5-3-12)34-14-6-7-27-18(8-14)20(30)31/h2-10H,11H2,1H3,(H,30,31)(H2,28,29,32). The van der Waals surface area contributed by atoms with E-state index in [-0.39, 0.29) is 29.4 Å². The van der Waals surface area contributed by atoms with Gasteiger partial charge in [0.2, 0.25) is 0 Å². The van der Waals surface area contributed by atoms with Crippen LogP contribution < -0.4 is 20.1 Å². The third-order valence-corrected chi connectivity index (χ3v) is 4.72. The summed E-state index contributed by atoms with van der Waals surface area (Å²) in [6.07, 6.45) is -3.39. The van der Waals surface area contributed by atoms with E-state index in [4.69, 9.17) is 26.2 Å². The van der Waals surface area contributed by atoms with Crippen LogP contribution in [0.1, 0.15) is 21.6 Å². The molecule has 0 spiro atoms. The van der Waals surface area contributed by atoms with Crippen LogP contribution in [0.25, 0.3) is 0 Å². The smallest absolute Gasteiger partial charge is 0.417 e. The SMILES string of the molecule is COc1cc(Cl)c(C(F)(F)F)cc1NC(=O)NCc1ccc(Oc2ccnc(C(=O)O)c2)cc1. The molecule has 0 fully saturated rings. The minimum Gasteiger partial charge on any atom is -0.495 e. The number of carbonyl (C=O) groups is 2. The van der Waals surface area contributed by atoms with Crippen molar-refractivity contribution < 1.29 is 37.3 Å². The number of carboxylic acids is 1. The number of carbonyl (C=O) groups excluding carboxylic acids is 1. The van der Waals surface area contributed by atoms with E-state index in [0.29, 0.717) is 17.4 Å². The fourth-order valence-corrected chi connectivity index (χ4v) is 3.05. The Morgan fingerprint density at radius 1 is 1.09 bits per heavy atom. The predicted molar refractivity (Wildman–Crippen MR) is 117 cm³/mol. The molecular weight excluding hydrogens is 479 g/mol. The van der Waals surface area contributed by atoms with Crippen LogP contribution in [0.5, 0.6) is 17.2 Å². The summed E-state index contributed by atoms with van der Waals surface area (Å²) in [6.45, 7) is 0.0621. The highest BCUT2D eigenvalue weighted by Crippen LogP contribution is 2.40. The minimum atomic E-state index is -4.70. The maximum absolute atomic E-state index is 13.1. The van der Waals surface area contributed by atoms with E-state index < -0.39 is 28.8 Å². The van der Waals surface area contributed by atoms with E-state index in [9.17, 15) is 22.8 Å². The number of amides is 2. The number of halogens is 4.